The van der Waals surface area contributed by atoms with Crippen LogP contribution in [0, 0.1) is 5.41 Å². The number of ketones is 4. The normalized spacial score (nSPS) is 19.2. The van der Waals surface area contributed by atoms with Crippen molar-refractivity contribution in [3.63, 3.8) is 0 Å². The van der Waals surface area contributed by atoms with Crippen LogP contribution in [0.15, 0.2) is 0 Å². The molecular formula is C21H32Cl4O8. The first-order chi connectivity index (χ1) is 14.3. The summed E-state index contributed by atoms with van der Waals surface area (Å²) in [6.07, 6.45) is -10.9. The molecule has 12 heteroatoms. The summed E-state index contributed by atoms with van der Waals surface area (Å²) in [5.41, 5.74) is -3.26. The van der Waals surface area contributed by atoms with Crippen LogP contribution in [0.4, 0.5) is 0 Å². The molecule has 0 aromatic heterocycles. The van der Waals surface area contributed by atoms with E-state index in [1.807, 2.05) is 0 Å². The summed E-state index contributed by atoms with van der Waals surface area (Å²) in [6, 6.07) is 0. The van der Waals surface area contributed by atoms with E-state index in [1.165, 1.54) is 0 Å². The molecule has 0 fully saturated rings. The molecule has 0 saturated carbocycles. The zero-order valence-electron chi connectivity index (χ0n) is 19.7. The van der Waals surface area contributed by atoms with E-state index < -0.39 is 72.5 Å². The molecule has 0 rings (SSSR count). The number of rotatable bonds is 12. The van der Waals surface area contributed by atoms with Gasteiger partial charge in [-0.3, -0.25) is 19.2 Å². The third kappa shape index (κ3) is 6.88. The predicted octanol–water partition coefficient (Wildman–Crippen LogP) is 1.76. The molecule has 0 aliphatic rings. The van der Waals surface area contributed by atoms with Crippen LogP contribution in [0.3, 0.4) is 0 Å². The van der Waals surface area contributed by atoms with Crippen molar-refractivity contribution in [3.8, 4) is 0 Å². The molecule has 192 valence electrons. The summed E-state index contributed by atoms with van der Waals surface area (Å²) in [4.78, 5) is 44.4. The Bertz CT molecular complexity index is 651. The maximum Gasteiger partial charge on any atom is 0.182 e. The topological polar surface area (TPSA) is 149 Å². The molecule has 0 aromatic rings. The van der Waals surface area contributed by atoms with Crippen LogP contribution in [-0.2, 0) is 19.2 Å². The van der Waals surface area contributed by atoms with Gasteiger partial charge in [-0.15, -0.1) is 46.4 Å². The van der Waals surface area contributed by atoms with Gasteiger partial charge in [0.05, 0.1) is 19.5 Å². The second kappa shape index (κ2) is 10.3. The molecule has 4 unspecified atom stereocenters. The Balaban J connectivity index is 7.60. The first kappa shape index (κ1) is 32.7. The van der Waals surface area contributed by atoms with Gasteiger partial charge in [0.25, 0.3) is 0 Å². The summed E-state index contributed by atoms with van der Waals surface area (Å²) in [5.74, 6) is -5.27. The van der Waals surface area contributed by atoms with Gasteiger partial charge in [0, 0.05) is 0 Å². The molecule has 0 spiro atoms. The number of hydrogen-bond donors (Lipinski definition) is 4. The van der Waals surface area contributed by atoms with Crippen molar-refractivity contribution in [1.29, 1.82) is 0 Å². The molecule has 0 aliphatic carbocycles. The molecule has 0 aliphatic heterocycles. The number of carbonyl (C=O) groups is 4. The Hall–Kier alpha value is -0.320. The van der Waals surface area contributed by atoms with Gasteiger partial charge in [0.15, 0.2) is 23.1 Å². The molecule has 8 nitrogen and oxygen atoms in total. The van der Waals surface area contributed by atoms with E-state index in [0.29, 0.717) is 0 Å². The molecule has 0 saturated heterocycles. The second-order valence-electron chi connectivity index (χ2n) is 9.96. The summed E-state index contributed by atoms with van der Waals surface area (Å²) in [7, 11) is 0. The predicted molar refractivity (Wildman–Crippen MR) is 126 cm³/mol. The number of aliphatic hydroxyl groups excluding tert-OH is 4. The zero-order chi connectivity index (χ0) is 27.1. The number of hydrogen-bond acceptors (Lipinski definition) is 8. The lowest BCUT2D eigenvalue weighted by Crippen LogP contribution is -2.72. The van der Waals surface area contributed by atoms with Gasteiger partial charge in [-0.2, -0.15) is 0 Å². The Morgan fingerprint density at radius 2 is 0.576 bits per heavy atom. The molecule has 0 aromatic carbocycles. The Morgan fingerprint density at radius 3 is 0.667 bits per heavy atom. The third-order valence-electron chi connectivity index (χ3n) is 5.23. The number of carbonyl (C=O) groups excluding carboxylic acids is 4. The maximum atomic E-state index is 13.0. The van der Waals surface area contributed by atoms with Crippen LogP contribution in [-0.4, -0.2) is 87.5 Å². The Morgan fingerprint density at radius 1 is 0.455 bits per heavy atom. The van der Waals surface area contributed by atoms with Gasteiger partial charge < -0.3 is 20.4 Å². The van der Waals surface area contributed by atoms with Crippen molar-refractivity contribution in [2.24, 2.45) is 5.41 Å². The van der Waals surface area contributed by atoms with E-state index in [4.69, 9.17) is 46.4 Å². The molecule has 0 bridgehead atoms. The molecule has 0 amide bonds. The van der Waals surface area contributed by atoms with E-state index in [2.05, 4.69) is 0 Å². The van der Waals surface area contributed by atoms with Crippen LogP contribution in [0.1, 0.15) is 55.4 Å². The van der Waals surface area contributed by atoms with E-state index in [0.717, 1.165) is 55.4 Å². The minimum Gasteiger partial charge on any atom is -0.384 e. The average molecular weight is 554 g/mol. The van der Waals surface area contributed by atoms with Gasteiger partial charge in [0.1, 0.15) is 29.8 Å². The molecule has 0 radical (unpaired) electrons. The van der Waals surface area contributed by atoms with Crippen LogP contribution in [0.25, 0.3) is 0 Å². The quantitative estimate of drug-likeness (QED) is 0.267. The first-order valence-corrected chi connectivity index (χ1v) is 11.4. The molecular weight excluding hydrogens is 522 g/mol. The van der Waals surface area contributed by atoms with Gasteiger partial charge in [0.2, 0.25) is 0 Å². The summed E-state index contributed by atoms with van der Waals surface area (Å²) in [6.45, 7) is 9.14. The lowest BCUT2D eigenvalue weighted by atomic mass is 9.60. The average Bonchev–Trinajstić information content (AvgIpc) is 2.61. The minimum absolute atomic E-state index is 1.14. The minimum atomic E-state index is -3.26. The fraction of sp³-hybridized carbons (Fsp3) is 0.810. The van der Waals surface area contributed by atoms with Gasteiger partial charge in [-0.25, -0.2) is 0 Å². The summed E-state index contributed by atoms with van der Waals surface area (Å²) >= 11 is 24.1. The van der Waals surface area contributed by atoms with Crippen molar-refractivity contribution in [2.45, 2.75) is 99.3 Å². The largest absolute Gasteiger partial charge is 0.384 e. The lowest BCUT2D eigenvalue weighted by Gasteiger charge is -2.48. The standard InChI is InChI=1S/C21H32Cl4O8/c1-17(2,22)9(26)13(30)21(14(31)10(27)18(3,4)23,15(32)11(28)19(5,6)24)16(33)12(29)20(7,8)25/h13-16,30-33H,1-8H3. The van der Waals surface area contributed by atoms with Crippen LogP contribution < -0.4 is 0 Å². The van der Waals surface area contributed by atoms with Gasteiger partial charge in [-0.1, -0.05) is 0 Å². The van der Waals surface area contributed by atoms with Crippen molar-refractivity contribution >= 4 is 69.5 Å². The van der Waals surface area contributed by atoms with Crippen molar-refractivity contribution in [2.75, 3.05) is 0 Å². The van der Waals surface area contributed by atoms with E-state index in [1.54, 1.807) is 0 Å². The molecule has 33 heavy (non-hydrogen) atoms. The maximum absolute atomic E-state index is 13.0. The lowest BCUT2D eigenvalue weighted by molar-refractivity contribution is -0.202. The molecule has 4 atom stereocenters. The van der Waals surface area contributed by atoms with Gasteiger partial charge in [-0.05, 0) is 55.4 Å². The van der Waals surface area contributed by atoms with Crippen LogP contribution in [0.5, 0.6) is 0 Å². The monoisotopic (exact) mass is 552 g/mol. The highest BCUT2D eigenvalue weighted by Crippen LogP contribution is 2.44. The van der Waals surface area contributed by atoms with Gasteiger partial charge >= 0.3 is 0 Å². The highest BCUT2D eigenvalue weighted by Gasteiger charge is 2.67. The number of Topliss-reactive ketones (excluding diaryl/α,β-unsaturated/α-hetero) is 4. The number of aliphatic hydroxyl groups is 4. The van der Waals surface area contributed by atoms with Crippen molar-refractivity contribution < 1.29 is 39.6 Å². The number of halogens is 4. The third-order valence-corrected chi connectivity index (χ3v) is 5.98. The highest BCUT2D eigenvalue weighted by molar-refractivity contribution is 6.38. The Kier molecular flexibility index (Phi) is 10.2. The zero-order valence-corrected chi connectivity index (χ0v) is 22.8. The van der Waals surface area contributed by atoms with E-state index in [-0.39, 0.29) is 0 Å². The highest BCUT2D eigenvalue weighted by atomic mass is 35.5. The second-order valence-corrected chi connectivity index (χ2v) is 13.7. The first-order valence-electron chi connectivity index (χ1n) is 9.91. The van der Waals surface area contributed by atoms with Crippen molar-refractivity contribution in [3.05, 3.63) is 0 Å². The fourth-order valence-corrected chi connectivity index (χ4v) is 3.52. The molecule has 0 heterocycles. The van der Waals surface area contributed by atoms with E-state index >= 15 is 0 Å². The van der Waals surface area contributed by atoms with Crippen LogP contribution >= 0.6 is 46.4 Å². The fourth-order valence-electron chi connectivity index (χ4n) is 3.11. The van der Waals surface area contributed by atoms with Crippen LogP contribution in [0.2, 0.25) is 0 Å². The summed E-state index contributed by atoms with van der Waals surface area (Å²) in [5, 5.41) is 44.5. The smallest absolute Gasteiger partial charge is 0.182 e. The SMILES string of the molecule is CC(C)(Cl)C(=O)C(O)C(C(O)C(=O)C(C)(C)Cl)(C(O)C(=O)C(C)(C)Cl)C(O)C(=O)C(C)(C)Cl. The summed E-state index contributed by atoms with van der Waals surface area (Å²) < 4.78 is 0. The number of alkyl halides is 4. The Labute approximate surface area is 213 Å². The molecule has 4 N–H and O–H groups in total. The van der Waals surface area contributed by atoms with Crippen molar-refractivity contribution in [1.82, 2.24) is 0 Å². The van der Waals surface area contributed by atoms with E-state index in [9.17, 15) is 39.6 Å².